The van der Waals surface area contributed by atoms with E-state index in [4.69, 9.17) is 5.73 Å². The minimum atomic E-state index is 0. The first-order chi connectivity index (χ1) is 9.83. The topological polar surface area (TPSA) is 50.4 Å². The van der Waals surface area contributed by atoms with E-state index in [0.29, 0.717) is 5.96 Å². The average Bonchev–Trinajstić information content (AvgIpc) is 3.28. The molecule has 0 amide bonds. The number of nitrogens with zero attached hydrogens (tertiary/aromatic N) is 1. The van der Waals surface area contributed by atoms with E-state index in [0.717, 1.165) is 24.6 Å². The van der Waals surface area contributed by atoms with Crippen molar-refractivity contribution in [2.45, 2.75) is 51.4 Å². The maximum atomic E-state index is 6.01. The summed E-state index contributed by atoms with van der Waals surface area (Å²) in [5.74, 6) is 1.56. The smallest absolute Gasteiger partial charge is 0.193 e. The lowest BCUT2D eigenvalue weighted by atomic mass is 9.90. The van der Waals surface area contributed by atoms with Gasteiger partial charge in [-0.1, -0.05) is 25.0 Å². The maximum absolute atomic E-state index is 6.01. The highest BCUT2D eigenvalue weighted by Crippen LogP contribution is 2.33. The second-order valence-corrected chi connectivity index (χ2v) is 6.13. The van der Waals surface area contributed by atoms with Crippen molar-refractivity contribution in [1.29, 1.82) is 0 Å². The number of guanidine groups is 1. The van der Waals surface area contributed by atoms with Crippen LogP contribution in [0.25, 0.3) is 0 Å². The third-order valence-corrected chi connectivity index (χ3v) is 4.41. The molecule has 0 saturated heterocycles. The Hall–Kier alpha value is -0.780. The first-order valence-corrected chi connectivity index (χ1v) is 8.00. The van der Waals surface area contributed by atoms with Crippen molar-refractivity contribution in [2.75, 3.05) is 11.9 Å². The monoisotopic (exact) mass is 399 g/mol. The van der Waals surface area contributed by atoms with Gasteiger partial charge in [0.15, 0.2) is 5.96 Å². The van der Waals surface area contributed by atoms with Crippen molar-refractivity contribution in [2.24, 2.45) is 16.6 Å². The third-order valence-electron chi connectivity index (χ3n) is 4.41. The van der Waals surface area contributed by atoms with E-state index >= 15 is 0 Å². The van der Waals surface area contributed by atoms with E-state index in [2.05, 4.69) is 28.5 Å². The number of aryl methyl sites for hydroxylation is 1. The molecular formula is C17H26IN3. The molecule has 0 unspecified atom stereocenters. The highest BCUT2D eigenvalue weighted by Gasteiger charge is 2.19. The number of benzene rings is 1. The molecule has 1 fully saturated rings. The molecule has 1 saturated carbocycles. The maximum Gasteiger partial charge on any atom is 0.193 e. The zero-order valence-electron chi connectivity index (χ0n) is 12.6. The zero-order valence-corrected chi connectivity index (χ0v) is 14.9. The summed E-state index contributed by atoms with van der Waals surface area (Å²) in [4.78, 5) is 4.45. The van der Waals surface area contributed by atoms with Crippen LogP contribution in [-0.2, 0) is 12.8 Å². The van der Waals surface area contributed by atoms with Crippen LogP contribution in [0.5, 0.6) is 0 Å². The molecule has 0 aliphatic heterocycles. The number of rotatable bonds is 5. The van der Waals surface area contributed by atoms with Gasteiger partial charge >= 0.3 is 0 Å². The summed E-state index contributed by atoms with van der Waals surface area (Å²) in [5.41, 5.74) is 10.1. The number of nitrogens with two attached hydrogens (primary N) is 1. The van der Waals surface area contributed by atoms with Crippen LogP contribution >= 0.6 is 24.0 Å². The fourth-order valence-electron chi connectivity index (χ4n) is 3.06. The fourth-order valence-corrected chi connectivity index (χ4v) is 3.06. The Morgan fingerprint density at radius 2 is 2.05 bits per heavy atom. The number of hydrogen-bond donors (Lipinski definition) is 2. The predicted molar refractivity (Wildman–Crippen MR) is 101 cm³/mol. The van der Waals surface area contributed by atoms with E-state index in [9.17, 15) is 0 Å². The Morgan fingerprint density at radius 1 is 1.24 bits per heavy atom. The number of fused-ring (bicyclic) bond motifs is 1. The van der Waals surface area contributed by atoms with Crippen LogP contribution in [0, 0.1) is 5.92 Å². The largest absolute Gasteiger partial charge is 0.370 e. The summed E-state index contributed by atoms with van der Waals surface area (Å²) < 4.78 is 0. The molecular weight excluding hydrogens is 373 g/mol. The molecule has 3 rings (SSSR count). The Balaban J connectivity index is 0.00000161. The first kappa shape index (κ1) is 16.6. The summed E-state index contributed by atoms with van der Waals surface area (Å²) in [6.45, 7) is 0.852. The van der Waals surface area contributed by atoms with E-state index in [1.54, 1.807) is 0 Å². The van der Waals surface area contributed by atoms with Gasteiger partial charge < -0.3 is 11.1 Å². The van der Waals surface area contributed by atoms with Gasteiger partial charge in [-0.2, -0.15) is 0 Å². The Morgan fingerprint density at radius 3 is 2.86 bits per heavy atom. The number of aliphatic imine (C=N–C) groups is 1. The Labute approximate surface area is 144 Å². The lowest BCUT2D eigenvalue weighted by molar-refractivity contribution is 0.675. The van der Waals surface area contributed by atoms with Gasteiger partial charge in [0, 0.05) is 12.2 Å². The summed E-state index contributed by atoms with van der Waals surface area (Å²) in [7, 11) is 0. The van der Waals surface area contributed by atoms with Crippen LogP contribution in [0.2, 0.25) is 0 Å². The number of halogens is 1. The molecule has 2 aliphatic rings. The molecule has 3 nitrogen and oxygen atoms in total. The minimum Gasteiger partial charge on any atom is -0.370 e. The van der Waals surface area contributed by atoms with Gasteiger partial charge in [-0.25, -0.2) is 0 Å². The fraction of sp³-hybridized carbons (Fsp3) is 0.588. The highest BCUT2D eigenvalue weighted by atomic mass is 127. The van der Waals surface area contributed by atoms with Gasteiger partial charge in [0.05, 0.1) is 0 Å². The van der Waals surface area contributed by atoms with Gasteiger partial charge in [-0.3, -0.25) is 4.99 Å². The SMILES string of the molecule is I.NC(=NCCCC1CC1)Nc1cccc2c1CCCC2. The summed E-state index contributed by atoms with van der Waals surface area (Å²) >= 11 is 0. The van der Waals surface area contributed by atoms with Gasteiger partial charge in [-0.15, -0.1) is 24.0 Å². The molecule has 0 aromatic heterocycles. The number of anilines is 1. The molecule has 116 valence electrons. The Bertz CT molecular complexity index is 495. The molecule has 3 N–H and O–H groups in total. The first-order valence-electron chi connectivity index (χ1n) is 8.00. The Kier molecular flexibility index (Phi) is 6.33. The van der Waals surface area contributed by atoms with Crippen molar-refractivity contribution in [3.8, 4) is 0 Å². The molecule has 0 heterocycles. The van der Waals surface area contributed by atoms with Crippen LogP contribution in [0.3, 0.4) is 0 Å². The molecule has 21 heavy (non-hydrogen) atoms. The third kappa shape index (κ3) is 4.87. The normalized spacial score (nSPS) is 17.8. The van der Waals surface area contributed by atoms with Crippen molar-refractivity contribution in [1.82, 2.24) is 0 Å². The second-order valence-electron chi connectivity index (χ2n) is 6.13. The molecule has 0 radical (unpaired) electrons. The van der Waals surface area contributed by atoms with E-state index < -0.39 is 0 Å². The summed E-state index contributed by atoms with van der Waals surface area (Å²) in [5, 5.41) is 3.30. The van der Waals surface area contributed by atoms with Crippen LogP contribution in [0.4, 0.5) is 5.69 Å². The molecule has 4 heteroatoms. The van der Waals surface area contributed by atoms with E-state index in [1.165, 1.54) is 56.1 Å². The predicted octanol–water partition coefficient (Wildman–Crippen LogP) is 4.10. The summed E-state index contributed by atoms with van der Waals surface area (Å²) in [6.07, 6.45) is 10.3. The van der Waals surface area contributed by atoms with Crippen LogP contribution < -0.4 is 11.1 Å². The van der Waals surface area contributed by atoms with Crippen molar-refractivity contribution in [3.05, 3.63) is 29.3 Å². The molecule has 0 bridgehead atoms. The van der Waals surface area contributed by atoms with Crippen molar-refractivity contribution in [3.63, 3.8) is 0 Å². The van der Waals surface area contributed by atoms with E-state index in [1.807, 2.05) is 0 Å². The quantitative estimate of drug-likeness (QED) is 0.339. The van der Waals surface area contributed by atoms with Crippen molar-refractivity contribution < 1.29 is 0 Å². The molecule has 0 spiro atoms. The van der Waals surface area contributed by atoms with Gasteiger partial charge in [0.2, 0.25) is 0 Å². The van der Waals surface area contributed by atoms with Gasteiger partial charge in [-0.05, 0) is 61.6 Å². The second kappa shape index (κ2) is 8.01. The minimum absolute atomic E-state index is 0. The number of hydrogen-bond acceptors (Lipinski definition) is 1. The summed E-state index contributed by atoms with van der Waals surface area (Å²) in [6, 6.07) is 6.48. The van der Waals surface area contributed by atoms with Crippen LogP contribution in [0.1, 0.15) is 49.7 Å². The van der Waals surface area contributed by atoms with Crippen LogP contribution in [0.15, 0.2) is 23.2 Å². The van der Waals surface area contributed by atoms with Crippen LogP contribution in [-0.4, -0.2) is 12.5 Å². The molecule has 1 aromatic carbocycles. The average molecular weight is 399 g/mol. The lowest BCUT2D eigenvalue weighted by Gasteiger charge is -2.19. The highest BCUT2D eigenvalue weighted by molar-refractivity contribution is 14.0. The van der Waals surface area contributed by atoms with E-state index in [-0.39, 0.29) is 24.0 Å². The van der Waals surface area contributed by atoms with Gasteiger partial charge in [0.25, 0.3) is 0 Å². The van der Waals surface area contributed by atoms with Gasteiger partial charge in [0.1, 0.15) is 0 Å². The zero-order chi connectivity index (χ0) is 13.8. The molecule has 0 atom stereocenters. The van der Waals surface area contributed by atoms with Crippen molar-refractivity contribution >= 4 is 35.6 Å². The number of nitrogens with one attached hydrogen (secondary N) is 1. The molecule has 2 aliphatic carbocycles. The standard InChI is InChI=1S/C17H25N3.HI/c18-17(19-12-4-5-13-10-11-13)20-16-9-3-7-14-6-1-2-8-15(14)16;/h3,7,9,13H,1-2,4-6,8,10-12H2,(H3,18,19,20);1H. The molecule has 1 aromatic rings. The lowest BCUT2D eigenvalue weighted by Crippen LogP contribution is -2.24.